The summed E-state index contributed by atoms with van der Waals surface area (Å²) in [5.74, 6) is 0.656. The van der Waals surface area contributed by atoms with Crippen LogP contribution in [0.1, 0.15) is 38.3 Å². The van der Waals surface area contributed by atoms with Gasteiger partial charge in [-0.2, -0.15) is 0 Å². The largest absolute Gasteiger partial charge is 0.480 e. The van der Waals surface area contributed by atoms with Crippen LogP contribution in [-0.2, 0) is 16.0 Å². The molecule has 0 atom stereocenters. The van der Waals surface area contributed by atoms with Crippen LogP contribution in [0.5, 0.6) is 5.88 Å². The number of rotatable bonds is 4. The topological polar surface area (TPSA) is 64.6 Å². The van der Waals surface area contributed by atoms with Crippen molar-refractivity contribution >= 4 is 16.9 Å². The first-order valence-electron chi connectivity index (χ1n) is 9.98. The number of ether oxygens (including phenoxy) is 2. The van der Waals surface area contributed by atoms with Crippen molar-refractivity contribution in [1.29, 1.82) is 0 Å². The van der Waals surface area contributed by atoms with Gasteiger partial charge in [-0.25, -0.2) is 9.97 Å². The maximum atomic E-state index is 12.8. The summed E-state index contributed by atoms with van der Waals surface area (Å²) in [5, 5.41) is 0. The monoisotopic (exact) mass is 381 g/mol. The Morgan fingerprint density at radius 1 is 1.21 bits per heavy atom. The fraction of sp³-hybridized carbons (Fsp3) is 0.500. The van der Waals surface area contributed by atoms with Crippen molar-refractivity contribution in [3.63, 3.8) is 0 Å². The standard InChI is InChI=1S/C22H27N3O3/c1-16-9-14-28-22(15-16)10-12-25(13-11-22)20(26)8-7-19-21(27-2)24-18-6-4-3-5-17(18)23-19/h3-6,15H,7-14H2,1-2H3. The molecular weight excluding hydrogens is 354 g/mol. The van der Waals surface area contributed by atoms with E-state index in [1.165, 1.54) is 5.57 Å². The van der Waals surface area contributed by atoms with Crippen LogP contribution in [-0.4, -0.2) is 53.2 Å². The van der Waals surface area contributed by atoms with E-state index in [2.05, 4.69) is 23.0 Å². The molecule has 28 heavy (non-hydrogen) atoms. The molecule has 3 heterocycles. The van der Waals surface area contributed by atoms with E-state index in [9.17, 15) is 4.79 Å². The number of hydrogen-bond donors (Lipinski definition) is 0. The summed E-state index contributed by atoms with van der Waals surface area (Å²) in [6.45, 7) is 4.43. The predicted octanol–water partition coefficient (Wildman–Crippen LogP) is 3.30. The van der Waals surface area contributed by atoms with Gasteiger partial charge in [-0.15, -0.1) is 0 Å². The van der Waals surface area contributed by atoms with E-state index in [0.717, 1.165) is 55.7 Å². The SMILES string of the molecule is COc1nc2ccccc2nc1CCC(=O)N1CCC2(C=C(C)CCO2)CC1. The number of hydrogen-bond acceptors (Lipinski definition) is 5. The third kappa shape index (κ3) is 3.87. The highest BCUT2D eigenvalue weighted by Gasteiger charge is 2.36. The highest BCUT2D eigenvalue weighted by atomic mass is 16.5. The average molecular weight is 381 g/mol. The molecule has 0 radical (unpaired) electrons. The Balaban J connectivity index is 1.39. The summed E-state index contributed by atoms with van der Waals surface area (Å²) in [4.78, 5) is 23.9. The third-order valence-electron chi connectivity index (χ3n) is 5.73. The maximum absolute atomic E-state index is 12.8. The van der Waals surface area contributed by atoms with Crippen LogP contribution in [0.4, 0.5) is 0 Å². The van der Waals surface area contributed by atoms with E-state index in [4.69, 9.17) is 9.47 Å². The van der Waals surface area contributed by atoms with Crippen LogP contribution in [0.2, 0.25) is 0 Å². The first-order valence-corrected chi connectivity index (χ1v) is 9.98. The van der Waals surface area contributed by atoms with Gasteiger partial charge in [0.1, 0.15) is 5.69 Å². The Morgan fingerprint density at radius 3 is 2.61 bits per heavy atom. The normalized spacial score (nSPS) is 18.9. The zero-order valence-electron chi connectivity index (χ0n) is 16.6. The number of aromatic nitrogens is 2. The van der Waals surface area contributed by atoms with Gasteiger partial charge < -0.3 is 14.4 Å². The van der Waals surface area contributed by atoms with Crippen LogP contribution in [0, 0.1) is 0 Å². The number of amides is 1. The van der Waals surface area contributed by atoms with Gasteiger partial charge in [0, 0.05) is 25.9 Å². The van der Waals surface area contributed by atoms with Gasteiger partial charge in [-0.3, -0.25) is 4.79 Å². The van der Waals surface area contributed by atoms with Crippen LogP contribution in [0.15, 0.2) is 35.9 Å². The molecule has 0 unspecified atom stereocenters. The van der Waals surface area contributed by atoms with E-state index in [1.54, 1.807) is 7.11 Å². The van der Waals surface area contributed by atoms with Gasteiger partial charge in [0.25, 0.3) is 0 Å². The molecule has 1 amide bonds. The van der Waals surface area contributed by atoms with E-state index in [1.807, 2.05) is 29.2 Å². The van der Waals surface area contributed by atoms with Crippen molar-refractivity contribution < 1.29 is 14.3 Å². The van der Waals surface area contributed by atoms with Gasteiger partial charge >= 0.3 is 0 Å². The minimum absolute atomic E-state index is 0.156. The van der Waals surface area contributed by atoms with Crippen molar-refractivity contribution in [2.45, 2.75) is 44.6 Å². The molecule has 6 nitrogen and oxygen atoms in total. The number of benzene rings is 1. The summed E-state index contributed by atoms with van der Waals surface area (Å²) in [6.07, 6.45) is 5.96. The third-order valence-corrected chi connectivity index (χ3v) is 5.73. The molecule has 0 bridgehead atoms. The molecule has 1 saturated heterocycles. The van der Waals surface area contributed by atoms with Gasteiger partial charge in [0.05, 0.1) is 30.4 Å². The molecule has 0 N–H and O–H groups in total. The Morgan fingerprint density at radius 2 is 1.93 bits per heavy atom. The Bertz CT molecular complexity index is 901. The summed E-state index contributed by atoms with van der Waals surface area (Å²) in [6, 6.07) is 7.70. The van der Waals surface area contributed by atoms with Gasteiger partial charge in [-0.1, -0.05) is 23.8 Å². The van der Waals surface area contributed by atoms with E-state index >= 15 is 0 Å². The summed E-state index contributed by atoms with van der Waals surface area (Å²) in [7, 11) is 1.59. The predicted molar refractivity (Wildman–Crippen MR) is 107 cm³/mol. The number of carbonyl (C=O) groups excluding carboxylic acids is 1. The molecule has 1 spiro atoms. The van der Waals surface area contributed by atoms with Crippen LogP contribution < -0.4 is 4.74 Å². The number of para-hydroxylation sites is 2. The number of methoxy groups -OCH3 is 1. The molecule has 6 heteroatoms. The van der Waals surface area contributed by atoms with Gasteiger partial charge in [0.2, 0.25) is 11.8 Å². The summed E-state index contributed by atoms with van der Waals surface area (Å²) >= 11 is 0. The number of carbonyl (C=O) groups is 1. The van der Waals surface area contributed by atoms with Crippen molar-refractivity contribution in [2.75, 3.05) is 26.8 Å². The number of piperidine rings is 1. The number of fused-ring (bicyclic) bond motifs is 1. The average Bonchev–Trinajstić information content (AvgIpc) is 2.71. The maximum Gasteiger partial charge on any atom is 0.235 e. The summed E-state index contributed by atoms with van der Waals surface area (Å²) < 4.78 is 11.5. The molecule has 2 aromatic rings. The lowest BCUT2D eigenvalue weighted by atomic mass is 9.87. The molecule has 2 aliphatic rings. The van der Waals surface area contributed by atoms with Gasteiger partial charge in [0.15, 0.2) is 0 Å². The molecule has 1 fully saturated rings. The molecule has 0 saturated carbocycles. The molecule has 148 valence electrons. The fourth-order valence-corrected chi connectivity index (χ4v) is 4.13. The minimum atomic E-state index is -0.161. The van der Waals surface area contributed by atoms with E-state index in [-0.39, 0.29) is 11.5 Å². The van der Waals surface area contributed by atoms with Crippen LogP contribution >= 0.6 is 0 Å². The minimum Gasteiger partial charge on any atom is -0.480 e. The second-order valence-corrected chi connectivity index (χ2v) is 7.70. The van der Waals surface area contributed by atoms with Crippen molar-refractivity contribution in [3.8, 4) is 5.88 Å². The van der Waals surface area contributed by atoms with Crippen molar-refractivity contribution in [2.24, 2.45) is 0 Å². The Kier molecular flexibility index (Phi) is 5.31. The molecule has 4 rings (SSSR count). The molecule has 2 aliphatic heterocycles. The van der Waals surface area contributed by atoms with Gasteiger partial charge in [-0.05, 0) is 38.3 Å². The van der Waals surface area contributed by atoms with Crippen LogP contribution in [0.25, 0.3) is 11.0 Å². The highest BCUT2D eigenvalue weighted by Crippen LogP contribution is 2.33. The fourth-order valence-electron chi connectivity index (χ4n) is 4.13. The molecule has 1 aromatic heterocycles. The smallest absolute Gasteiger partial charge is 0.235 e. The Labute approximate surface area is 165 Å². The van der Waals surface area contributed by atoms with Crippen molar-refractivity contribution in [1.82, 2.24) is 14.9 Å². The second-order valence-electron chi connectivity index (χ2n) is 7.70. The number of nitrogens with zero attached hydrogens (tertiary/aromatic N) is 3. The zero-order valence-corrected chi connectivity index (χ0v) is 16.6. The van der Waals surface area contributed by atoms with Crippen molar-refractivity contribution in [3.05, 3.63) is 41.6 Å². The first kappa shape index (κ1) is 18.9. The number of aryl methyl sites for hydroxylation is 1. The molecular formula is C22H27N3O3. The van der Waals surface area contributed by atoms with E-state index < -0.39 is 0 Å². The first-order chi connectivity index (χ1) is 13.6. The zero-order chi connectivity index (χ0) is 19.6. The lowest BCUT2D eigenvalue weighted by molar-refractivity contribution is -0.136. The molecule has 1 aromatic carbocycles. The quantitative estimate of drug-likeness (QED) is 0.761. The van der Waals surface area contributed by atoms with Crippen LogP contribution in [0.3, 0.4) is 0 Å². The lowest BCUT2D eigenvalue weighted by Crippen LogP contribution is -2.48. The van der Waals surface area contributed by atoms with E-state index in [0.29, 0.717) is 18.7 Å². The highest BCUT2D eigenvalue weighted by molar-refractivity contribution is 5.77. The second kappa shape index (κ2) is 7.87. The number of likely N-dealkylation sites (tertiary alicyclic amines) is 1. The lowest BCUT2D eigenvalue weighted by Gasteiger charge is -2.42. The Hall–Kier alpha value is -2.47. The summed E-state index contributed by atoms with van der Waals surface area (Å²) in [5.41, 5.74) is 3.59. The molecule has 0 aliphatic carbocycles.